The molecule has 2 N–H and O–H groups in total. The maximum Gasteiger partial charge on any atom is 0.174 e. The van der Waals surface area contributed by atoms with Gasteiger partial charge in [0.2, 0.25) is 0 Å². The van der Waals surface area contributed by atoms with Crippen LogP contribution in [0.2, 0.25) is 0 Å². The van der Waals surface area contributed by atoms with Crippen LogP contribution in [0.15, 0.2) is 77.1 Å². The molecule has 2 heterocycles. The van der Waals surface area contributed by atoms with Gasteiger partial charge in [0.25, 0.3) is 0 Å². The van der Waals surface area contributed by atoms with Crippen molar-refractivity contribution >= 4 is 28.5 Å². The lowest BCUT2D eigenvalue weighted by Gasteiger charge is -2.28. The SMILES string of the molecule is CCCN.CN1c2ccccc2C(c2ccccc2)=NCC1CC(=O)c1cccs1. The largest absolute Gasteiger partial charge is 0.369 e. The molecule has 1 aliphatic heterocycles. The minimum absolute atomic E-state index is 0.0481. The molecule has 3 aromatic rings. The zero-order valence-corrected chi connectivity index (χ0v) is 18.4. The van der Waals surface area contributed by atoms with E-state index < -0.39 is 0 Å². The number of hydrogen-bond acceptors (Lipinski definition) is 5. The van der Waals surface area contributed by atoms with E-state index in [9.17, 15) is 4.79 Å². The summed E-state index contributed by atoms with van der Waals surface area (Å²) >= 11 is 1.51. The molecule has 4 nitrogen and oxygen atoms in total. The van der Waals surface area contributed by atoms with Crippen molar-refractivity contribution in [1.82, 2.24) is 0 Å². The maximum absolute atomic E-state index is 12.6. The lowest BCUT2D eigenvalue weighted by atomic mass is 10.00. The van der Waals surface area contributed by atoms with Gasteiger partial charge in [-0.05, 0) is 30.5 Å². The third kappa shape index (κ3) is 5.23. The molecule has 0 saturated carbocycles. The van der Waals surface area contributed by atoms with E-state index in [-0.39, 0.29) is 11.8 Å². The molecule has 1 aromatic heterocycles. The van der Waals surface area contributed by atoms with E-state index in [1.807, 2.05) is 47.8 Å². The first kappa shape index (κ1) is 21.9. The summed E-state index contributed by atoms with van der Waals surface area (Å²) in [6, 6.07) is 22.4. The molecule has 0 bridgehead atoms. The van der Waals surface area contributed by atoms with Crippen molar-refractivity contribution in [3.05, 3.63) is 88.1 Å². The molecule has 4 rings (SSSR count). The fourth-order valence-corrected chi connectivity index (χ4v) is 4.05. The maximum atomic E-state index is 12.6. The molecule has 1 atom stereocenters. The van der Waals surface area contributed by atoms with E-state index in [2.05, 4.69) is 43.1 Å². The van der Waals surface area contributed by atoms with Gasteiger partial charge in [0.05, 0.1) is 23.2 Å². The van der Waals surface area contributed by atoms with Crippen LogP contribution in [-0.4, -0.2) is 37.7 Å². The Morgan fingerprint density at radius 1 is 1.10 bits per heavy atom. The summed E-state index contributed by atoms with van der Waals surface area (Å²) in [5.74, 6) is 0.188. The van der Waals surface area contributed by atoms with E-state index in [1.54, 1.807) is 0 Å². The fourth-order valence-electron chi connectivity index (χ4n) is 3.38. The number of ketones is 1. The van der Waals surface area contributed by atoms with Crippen molar-refractivity contribution < 1.29 is 4.79 Å². The Bertz CT molecular complexity index is 965. The molecule has 1 aliphatic rings. The number of hydrogen-bond donors (Lipinski definition) is 1. The molecule has 2 aromatic carbocycles. The number of rotatable bonds is 5. The van der Waals surface area contributed by atoms with E-state index in [0.717, 1.165) is 40.4 Å². The number of carbonyl (C=O) groups is 1. The second-order valence-corrected chi connectivity index (χ2v) is 8.18. The summed E-state index contributed by atoms with van der Waals surface area (Å²) in [5.41, 5.74) is 9.38. The van der Waals surface area contributed by atoms with Crippen molar-refractivity contribution in [2.45, 2.75) is 25.8 Å². The van der Waals surface area contributed by atoms with E-state index >= 15 is 0 Å². The van der Waals surface area contributed by atoms with Crippen LogP contribution in [-0.2, 0) is 0 Å². The van der Waals surface area contributed by atoms with Gasteiger partial charge in [0.15, 0.2) is 5.78 Å². The Morgan fingerprint density at radius 3 is 2.47 bits per heavy atom. The third-order valence-corrected chi connectivity index (χ3v) is 6.01. The number of likely N-dealkylation sites (N-methyl/N-ethyl adjacent to an activating group) is 1. The minimum Gasteiger partial charge on any atom is -0.369 e. The highest BCUT2D eigenvalue weighted by Gasteiger charge is 2.26. The first-order valence-electron chi connectivity index (χ1n) is 10.3. The molecule has 0 spiro atoms. The number of carbonyl (C=O) groups excluding carboxylic acids is 1. The molecule has 1 unspecified atom stereocenters. The highest BCUT2D eigenvalue weighted by molar-refractivity contribution is 7.12. The number of benzene rings is 2. The predicted octanol–water partition coefficient (Wildman–Crippen LogP) is 5.03. The van der Waals surface area contributed by atoms with Crippen LogP contribution in [0, 0.1) is 0 Å². The van der Waals surface area contributed by atoms with Crippen molar-refractivity contribution in [1.29, 1.82) is 0 Å². The van der Waals surface area contributed by atoms with Gasteiger partial charge < -0.3 is 10.6 Å². The van der Waals surface area contributed by atoms with Crippen molar-refractivity contribution in [2.24, 2.45) is 10.7 Å². The van der Waals surface area contributed by atoms with E-state index in [4.69, 9.17) is 10.7 Å². The molecule has 30 heavy (non-hydrogen) atoms. The number of nitrogens with two attached hydrogens (primary N) is 1. The smallest absolute Gasteiger partial charge is 0.174 e. The second kappa shape index (κ2) is 10.9. The van der Waals surface area contributed by atoms with E-state index in [1.165, 1.54) is 11.3 Å². The molecule has 0 aliphatic carbocycles. The van der Waals surface area contributed by atoms with Crippen molar-refractivity contribution in [2.75, 3.05) is 25.0 Å². The zero-order chi connectivity index (χ0) is 21.3. The van der Waals surface area contributed by atoms with Gasteiger partial charge in [-0.1, -0.05) is 61.5 Å². The third-order valence-electron chi connectivity index (χ3n) is 5.10. The Kier molecular flexibility index (Phi) is 7.94. The monoisotopic (exact) mass is 419 g/mol. The Morgan fingerprint density at radius 2 is 1.80 bits per heavy atom. The van der Waals surface area contributed by atoms with Crippen LogP contribution < -0.4 is 10.6 Å². The van der Waals surface area contributed by atoms with Crippen LogP contribution in [0.1, 0.15) is 40.6 Å². The quantitative estimate of drug-likeness (QED) is 0.590. The number of nitrogens with zero attached hydrogens (tertiary/aromatic N) is 2. The number of fused-ring (bicyclic) bond motifs is 1. The van der Waals surface area contributed by atoms with Gasteiger partial charge in [-0.15, -0.1) is 11.3 Å². The van der Waals surface area contributed by atoms with Crippen LogP contribution in [0.25, 0.3) is 0 Å². The second-order valence-electron chi connectivity index (χ2n) is 7.23. The molecule has 156 valence electrons. The van der Waals surface area contributed by atoms with Gasteiger partial charge in [-0.3, -0.25) is 9.79 Å². The molecule has 0 saturated heterocycles. The highest BCUT2D eigenvalue weighted by Crippen LogP contribution is 2.29. The Labute approximate surface area is 183 Å². The number of benzodiazepines with no additional fused rings is 1. The van der Waals surface area contributed by atoms with Crippen molar-refractivity contribution in [3.8, 4) is 0 Å². The zero-order valence-electron chi connectivity index (χ0n) is 17.6. The molecular weight excluding hydrogens is 390 g/mol. The predicted molar refractivity (Wildman–Crippen MR) is 128 cm³/mol. The first-order valence-corrected chi connectivity index (χ1v) is 11.2. The average Bonchev–Trinajstić information content (AvgIpc) is 3.30. The number of para-hydroxylation sites is 1. The standard InChI is InChI=1S/C22H20N2OS.C3H9N/c1-24-17(14-20(25)21-12-7-13-26-21)15-23-22(16-8-3-2-4-9-16)18-10-5-6-11-19(18)24;1-2-3-4/h2-13,17H,14-15H2,1H3;2-4H2,1H3. The number of aliphatic imine (C=N–C) groups is 1. The number of Topliss-reactive ketones (excluding diaryl/α,β-unsaturated/α-hetero) is 1. The minimum atomic E-state index is 0.0481. The van der Waals surface area contributed by atoms with Gasteiger partial charge >= 0.3 is 0 Å². The van der Waals surface area contributed by atoms with Crippen LogP contribution >= 0.6 is 11.3 Å². The molecule has 0 amide bonds. The van der Waals surface area contributed by atoms with Gasteiger partial charge in [-0.25, -0.2) is 0 Å². The lowest BCUT2D eigenvalue weighted by Crippen LogP contribution is -2.35. The highest BCUT2D eigenvalue weighted by atomic mass is 32.1. The number of thiophene rings is 1. The Hall–Kier alpha value is -2.76. The van der Waals surface area contributed by atoms with E-state index in [0.29, 0.717) is 13.0 Å². The van der Waals surface area contributed by atoms with Crippen molar-refractivity contribution in [3.63, 3.8) is 0 Å². The number of anilines is 1. The Balaban J connectivity index is 0.000000589. The van der Waals surface area contributed by atoms with Crippen LogP contribution in [0.3, 0.4) is 0 Å². The first-order chi connectivity index (χ1) is 14.7. The summed E-state index contributed by atoms with van der Waals surface area (Å²) in [6.07, 6.45) is 1.57. The topological polar surface area (TPSA) is 58.7 Å². The lowest BCUT2D eigenvalue weighted by molar-refractivity contribution is 0.0978. The van der Waals surface area contributed by atoms with Gasteiger partial charge in [0.1, 0.15) is 0 Å². The molecule has 5 heteroatoms. The molecule has 0 fully saturated rings. The van der Waals surface area contributed by atoms with Gasteiger partial charge in [0, 0.05) is 30.3 Å². The summed E-state index contributed by atoms with van der Waals surface area (Å²) < 4.78 is 0. The summed E-state index contributed by atoms with van der Waals surface area (Å²) in [6.45, 7) is 3.48. The molecular formula is C25H29N3OS. The summed E-state index contributed by atoms with van der Waals surface area (Å²) in [4.78, 5) is 20.6. The fraction of sp³-hybridized carbons (Fsp3) is 0.280. The summed E-state index contributed by atoms with van der Waals surface area (Å²) in [5, 5.41) is 1.95. The molecule has 0 radical (unpaired) electrons. The van der Waals surface area contributed by atoms with Gasteiger partial charge in [-0.2, -0.15) is 0 Å². The van der Waals surface area contributed by atoms with Crippen LogP contribution in [0.4, 0.5) is 5.69 Å². The average molecular weight is 420 g/mol. The summed E-state index contributed by atoms with van der Waals surface area (Å²) in [7, 11) is 2.06. The normalized spacial score (nSPS) is 15.4. The van der Waals surface area contributed by atoms with Crippen LogP contribution in [0.5, 0.6) is 0 Å².